The normalized spacial score (nSPS) is 10.4. The molecule has 1 amide bonds. The Morgan fingerprint density at radius 1 is 1.19 bits per heavy atom. The molecule has 3 aromatic rings. The summed E-state index contributed by atoms with van der Waals surface area (Å²) < 4.78 is 11.3. The lowest BCUT2D eigenvalue weighted by Gasteiger charge is -2.10. The molecule has 6 nitrogen and oxygen atoms in total. The Balaban J connectivity index is 1.71. The van der Waals surface area contributed by atoms with Crippen LogP contribution in [0.5, 0.6) is 11.5 Å². The van der Waals surface area contributed by atoms with Gasteiger partial charge in [0.15, 0.2) is 21.7 Å². The monoisotopic (exact) mass is 407 g/mol. The number of nitrogens with zero attached hydrogens (tertiary/aromatic N) is 1. The predicted octanol–water partition coefficient (Wildman–Crippen LogP) is 4.09. The van der Waals surface area contributed by atoms with Crippen molar-refractivity contribution in [2.75, 3.05) is 19.5 Å². The summed E-state index contributed by atoms with van der Waals surface area (Å²) in [6.07, 6.45) is 0. The lowest BCUT2D eigenvalue weighted by Crippen LogP contribution is -2.34. The van der Waals surface area contributed by atoms with Crippen LogP contribution in [0.15, 0.2) is 36.4 Å². The molecule has 134 valence electrons. The summed E-state index contributed by atoms with van der Waals surface area (Å²) in [7, 11) is 3.03. The number of benzene rings is 2. The van der Waals surface area contributed by atoms with Crippen LogP contribution in [0.3, 0.4) is 0 Å². The molecule has 0 atom stereocenters. The fraction of sp³-hybridized carbons (Fsp3) is 0.118. The summed E-state index contributed by atoms with van der Waals surface area (Å²) in [5, 5.41) is 6.76. The molecule has 2 aromatic carbocycles. The van der Waals surface area contributed by atoms with Gasteiger partial charge in [-0.1, -0.05) is 29.0 Å². The maximum atomic E-state index is 12.4. The van der Waals surface area contributed by atoms with E-state index in [0.717, 1.165) is 4.70 Å². The number of carbonyl (C=O) groups is 1. The first-order valence-electron chi connectivity index (χ1n) is 7.41. The minimum atomic E-state index is -0.373. The first kappa shape index (κ1) is 18.4. The van der Waals surface area contributed by atoms with Gasteiger partial charge in [-0.25, -0.2) is 4.98 Å². The molecule has 0 aliphatic rings. The van der Waals surface area contributed by atoms with E-state index in [0.29, 0.717) is 32.7 Å². The van der Waals surface area contributed by atoms with Crippen molar-refractivity contribution >= 4 is 61.5 Å². The van der Waals surface area contributed by atoms with Gasteiger partial charge in [-0.2, -0.15) is 0 Å². The van der Waals surface area contributed by atoms with Crippen molar-refractivity contribution in [1.82, 2.24) is 10.3 Å². The van der Waals surface area contributed by atoms with Crippen molar-refractivity contribution in [3.8, 4) is 11.5 Å². The molecule has 9 heteroatoms. The summed E-state index contributed by atoms with van der Waals surface area (Å²) in [4.78, 5) is 16.7. The third-order valence-corrected chi connectivity index (χ3v) is 4.91. The molecule has 1 heterocycles. The molecule has 0 saturated carbocycles. The number of ether oxygens (including phenoxy) is 2. The highest BCUT2D eigenvalue weighted by atomic mass is 35.5. The summed E-state index contributed by atoms with van der Waals surface area (Å²) in [5.41, 5.74) is 1.08. The number of para-hydroxylation sites is 1. The number of hydrogen-bond donors (Lipinski definition) is 2. The van der Waals surface area contributed by atoms with E-state index in [4.69, 9.17) is 33.3 Å². The molecule has 2 N–H and O–H groups in total. The number of methoxy groups -OCH3 is 2. The first-order chi connectivity index (χ1) is 12.5. The Morgan fingerprint density at radius 3 is 2.65 bits per heavy atom. The zero-order valence-corrected chi connectivity index (χ0v) is 16.2. The molecule has 3 rings (SSSR count). The number of carbonyl (C=O) groups excluding carboxylic acids is 1. The molecule has 0 unspecified atom stereocenters. The van der Waals surface area contributed by atoms with Crippen molar-refractivity contribution in [1.29, 1.82) is 0 Å². The second kappa shape index (κ2) is 7.86. The highest BCUT2D eigenvalue weighted by Crippen LogP contribution is 2.30. The Kier molecular flexibility index (Phi) is 5.55. The number of anilines is 1. The molecule has 26 heavy (non-hydrogen) atoms. The highest BCUT2D eigenvalue weighted by Gasteiger charge is 2.13. The molecule has 0 fully saturated rings. The number of nitrogens with one attached hydrogen (secondary N) is 2. The topological polar surface area (TPSA) is 72.5 Å². The number of rotatable bonds is 4. The number of fused-ring (bicyclic) bond motifs is 1. The van der Waals surface area contributed by atoms with E-state index < -0.39 is 0 Å². The van der Waals surface area contributed by atoms with Gasteiger partial charge in [-0.15, -0.1) is 0 Å². The van der Waals surface area contributed by atoms with Crippen LogP contribution in [0.1, 0.15) is 10.4 Å². The highest BCUT2D eigenvalue weighted by molar-refractivity contribution is 7.80. The maximum Gasteiger partial charge on any atom is 0.257 e. The molecular formula is C17H14ClN3O3S2. The maximum absolute atomic E-state index is 12.4. The Bertz CT molecular complexity index is 991. The fourth-order valence-electron chi connectivity index (χ4n) is 2.25. The average molecular weight is 408 g/mol. The summed E-state index contributed by atoms with van der Waals surface area (Å²) in [6.45, 7) is 0. The van der Waals surface area contributed by atoms with E-state index >= 15 is 0 Å². The number of amides is 1. The summed E-state index contributed by atoms with van der Waals surface area (Å²) in [5.74, 6) is 0.624. The minimum Gasteiger partial charge on any atom is -0.493 e. The molecule has 0 aliphatic carbocycles. The van der Waals surface area contributed by atoms with Crippen LogP contribution in [0.25, 0.3) is 10.2 Å². The first-order valence-corrected chi connectivity index (χ1v) is 9.01. The summed E-state index contributed by atoms with van der Waals surface area (Å²) >= 11 is 12.7. The molecular weight excluding hydrogens is 394 g/mol. The SMILES string of the molecule is COc1ccc(C(=O)NC(=S)Nc2nc3c(Cl)cccc3s2)cc1OC. The van der Waals surface area contributed by atoms with Crippen molar-refractivity contribution in [2.24, 2.45) is 0 Å². The third kappa shape index (κ3) is 3.87. The molecule has 0 radical (unpaired) electrons. The van der Waals surface area contributed by atoms with E-state index in [1.807, 2.05) is 12.1 Å². The standard InChI is InChI=1S/C17H14ClN3O3S2/c1-23-11-7-6-9(8-12(11)24-2)15(22)20-16(25)21-17-19-14-10(18)4-3-5-13(14)26-17/h3-8H,1-2H3,(H2,19,20,21,22,25). The number of halogens is 1. The van der Waals surface area contributed by atoms with Gasteiger partial charge < -0.3 is 14.8 Å². The van der Waals surface area contributed by atoms with Gasteiger partial charge in [-0.05, 0) is 42.5 Å². The number of aromatic nitrogens is 1. The molecule has 0 bridgehead atoms. The number of hydrogen-bond acceptors (Lipinski definition) is 6. The zero-order valence-electron chi connectivity index (χ0n) is 13.8. The predicted molar refractivity (Wildman–Crippen MR) is 108 cm³/mol. The van der Waals surface area contributed by atoms with Gasteiger partial charge in [0.2, 0.25) is 0 Å². The van der Waals surface area contributed by atoms with Gasteiger partial charge in [0.1, 0.15) is 5.52 Å². The van der Waals surface area contributed by atoms with Gasteiger partial charge in [-0.3, -0.25) is 10.1 Å². The number of thiocarbonyl (C=S) groups is 1. The minimum absolute atomic E-state index is 0.139. The average Bonchev–Trinajstić information content (AvgIpc) is 3.04. The van der Waals surface area contributed by atoms with Crippen LogP contribution >= 0.6 is 35.2 Å². The largest absolute Gasteiger partial charge is 0.493 e. The van der Waals surface area contributed by atoms with Crippen LogP contribution in [0, 0.1) is 0 Å². The van der Waals surface area contributed by atoms with Crippen LogP contribution in [-0.2, 0) is 0 Å². The Morgan fingerprint density at radius 2 is 1.96 bits per heavy atom. The van der Waals surface area contributed by atoms with E-state index in [2.05, 4.69) is 15.6 Å². The fourth-order valence-corrected chi connectivity index (χ4v) is 3.67. The van der Waals surface area contributed by atoms with Crippen molar-refractivity contribution in [3.63, 3.8) is 0 Å². The second-order valence-corrected chi connectivity index (χ2v) is 6.93. The lowest BCUT2D eigenvalue weighted by molar-refractivity contribution is 0.0977. The second-order valence-electron chi connectivity index (χ2n) is 5.08. The van der Waals surface area contributed by atoms with E-state index in [-0.39, 0.29) is 11.0 Å². The van der Waals surface area contributed by atoms with Crippen molar-refractivity contribution in [2.45, 2.75) is 0 Å². The van der Waals surface area contributed by atoms with Crippen molar-refractivity contribution in [3.05, 3.63) is 47.0 Å². The zero-order chi connectivity index (χ0) is 18.7. The van der Waals surface area contributed by atoms with Crippen molar-refractivity contribution < 1.29 is 14.3 Å². The van der Waals surface area contributed by atoms with Crippen LogP contribution in [0.2, 0.25) is 5.02 Å². The van der Waals surface area contributed by atoms with Crippen LogP contribution < -0.4 is 20.1 Å². The summed E-state index contributed by atoms with van der Waals surface area (Å²) in [6, 6.07) is 10.4. The number of thiazole rings is 1. The van der Waals surface area contributed by atoms with E-state index in [1.165, 1.54) is 25.6 Å². The molecule has 1 aromatic heterocycles. The van der Waals surface area contributed by atoms with E-state index in [1.54, 1.807) is 24.3 Å². The van der Waals surface area contributed by atoms with Gasteiger partial charge in [0.25, 0.3) is 5.91 Å². The Labute approximate surface area is 164 Å². The van der Waals surface area contributed by atoms with Gasteiger partial charge in [0.05, 0.1) is 23.9 Å². The third-order valence-electron chi connectivity index (χ3n) is 3.46. The van der Waals surface area contributed by atoms with E-state index in [9.17, 15) is 4.79 Å². The molecule has 0 aliphatic heterocycles. The van der Waals surface area contributed by atoms with Crippen LogP contribution in [-0.4, -0.2) is 30.2 Å². The molecule has 0 spiro atoms. The van der Waals surface area contributed by atoms with Crippen LogP contribution in [0.4, 0.5) is 5.13 Å². The van der Waals surface area contributed by atoms with Gasteiger partial charge in [0, 0.05) is 5.56 Å². The molecule has 0 saturated heterocycles. The quantitative estimate of drug-likeness (QED) is 0.634. The smallest absolute Gasteiger partial charge is 0.257 e. The van der Waals surface area contributed by atoms with Gasteiger partial charge >= 0.3 is 0 Å². The Hall–Kier alpha value is -2.42. The lowest BCUT2D eigenvalue weighted by atomic mass is 10.2.